The first-order valence-electron chi connectivity index (χ1n) is 30.2. The summed E-state index contributed by atoms with van der Waals surface area (Å²) in [5, 5.41) is -13.4. The highest BCUT2D eigenvalue weighted by atomic mass is 28.4. The van der Waals surface area contributed by atoms with Gasteiger partial charge in [0.05, 0.1) is 0 Å². The molecule has 0 N–H and O–H groups in total. The molecule has 116 heavy (non-hydrogen) atoms. The molecule has 0 spiro atoms. The van der Waals surface area contributed by atoms with E-state index >= 15 is 0 Å². The minimum absolute atomic E-state index is 0.678. The third-order valence-corrected chi connectivity index (χ3v) is 27.5. The summed E-state index contributed by atoms with van der Waals surface area (Å²) in [4.78, 5) is 0. The fraction of sp³-hybridized carbons (Fsp3) is 1.00. The Hall–Kier alpha value is -3.25. The van der Waals surface area contributed by atoms with Gasteiger partial charge in [0.2, 0.25) is 0 Å². The normalized spacial score (nSPS) is 15.7. The molecule has 0 radical (unpaired) electrons. The number of halogens is 52. The molecule has 0 rings (SSSR count). The molecule has 0 unspecified atom stereocenters. The number of alkyl halides is 52. The van der Waals surface area contributed by atoms with Crippen LogP contribution >= 0.6 is 0 Å². The Morgan fingerprint density at radius 3 is 0.371 bits per heavy atom. The van der Waals surface area contributed by atoms with Gasteiger partial charge in [-0.2, -0.15) is 228 Å². The predicted octanol–water partition coefficient (Wildman–Crippen LogP) is 22.1. The lowest BCUT2D eigenvalue weighted by Crippen LogP contribution is -2.78. The van der Waals surface area contributed by atoms with Gasteiger partial charge in [0, 0.05) is 79.3 Å². The molecule has 0 saturated carbocycles. The maximum Gasteiger partial charge on any atom is 0.582 e. The molecule has 0 aliphatic heterocycles. The summed E-state index contributed by atoms with van der Waals surface area (Å²) in [7, 11) is -26.6. The van der Waals surface area contributed by atoms with Crippen molar-refractivity contribution in [3.63, 3.8) is 0 Å². The smallest absolute Gasteiger partial charge is 0.373 e. The Morgan fingerprint density at radius 1 is 0.129 bits per heavy atom. The van der Waals surface area contributed by atoms with E-state index in [4.69, 9.17) is 0 Å². The van der Waals surface area contributed by atoms with Crippen molar-refractivity contribution in [2.75, 3.05) is 79.3 Å². The van der Waals surface area contributed by atoms with E-state index in [1.54, 1.807) is 0 Å². The van der Waals surface area contributed by atoms with Gasteiger partial charge in [-0.15, -0.1) is 0 Å². The molecule has 0 aromatic carbocycles. The maximum absolute atomic E-state index is 14.6. The molecule has 12 nitrogen and oxygen atoms in total. The van der Waals surface area contributed by atoms with E-state index in [1.807, 2.05) is 0 Å². The van der Waals surface area contributed by atoms with Crippen molar-refractivity contribution in [2.45, 2.75) is 225 Å². The van der Waals surface area contributed by atoms with Gasteiger partial charge in [-0.05, 0) is 83.1 Å². The third kappa shape index (κ3) is 19.6. The molecule has 0 amide bonds. The van der Waals surface area contributed by atoms with E-state index in [0.717, 1.165) is 62.3 Å². The fourth-order valence-corrected chi connectivity index (χ4v) is 20.1. The molecule has 0 heterocycles. The van der Waals surface area contributed by atoms with E-state index in [-0.39, 0.29) is 0 Å². The fourth-order valence-electron chi connectivity index (χ4n) is 8.76. The first-order chi connectivity index (χ1) is 50.7. The third-order valence-electron chi connectivity index (χ3n) is 13.7. The van der Waals surface area contributed by atoms with Gasteiger partial charge in [0.1, 0.15) is 0 Å². The van der Waals surface area contributed by atoms with Gasteiger partial charge >= 0.3 is 172 Å². The highest BCUT2D eigenvalue weighted by Gasteiger charge is 3.03. The lowest BCUT2D eigenvalue weighted by molar-refractivity contribution is -0.459. The zero-order valence-corrected chi connectivity index (χ0v) is 63.0. The van der Waals surface area contributed by atoms with Crippen LogP contribution in [0.2, 0.25) is 10.1 Å². The second-order valence-electron chi connectivity index (χ2n) is 20.9. The molecular weight excluding hydrogens is 1870 g/mol. The monoisotopic (exact) mass is 1930 g/mol. The Bertz CT molecular complexity index is 2780. The van der Waals surface area contributed by atoms with Crippen molar-refractivity contribution in [3.05, 3.63) is 0 Å². The molecular formula is C48H60F52O12Si4. The SMILES string of the molecule is CCO[Si](OCC)(OCC)C(C(F)(F)F)(C(F)(F)F)C(F)(F)C(F)(F)C(F)(F)F.CCO[Si](OCC)(OCC)C(C(F)(F)F)(C(F)(F)F)C(F)(F)F.CCO[Si](OCC)(OCC)C(F)(F)C(F)(F)C(F)(F)C(F)(F)C(F)(F)C(F)(F)C(F)(F)C(F)(F)F.CCO[Si](OCC)(OCC)C(F)(F)C(F)(F)C(F)(F)C(F)(F)C(F)(F)C(F)(F)F. The van der Waals surface area contributed by atoms with Gasteiger partial charge in [-0.25, -0.2) is 0 Å². The molecule has 0 saturated heterocycles. The van der Waals surface area contributed by atoms with Crippen LogP contribution in [0.1, 0.15) is 83.1 Å². The second kappa shape index (κ2) is 38.5. The van der Waals surface area contributed by atoms with Crippen LogP contribution in [0.3, 0.4) is 0 Å². The van der Waals surface area contributed by atoms with E-state index in [2.05, 4.69) is 53.1 Å². The van der Waals surface area contributed by atoms with Crippen LogP contribution in [-0.4, -0.2) is 246 Å². The Morgan fingerprint density at radius 2 is 0.241 bits per heavy atom. The van der Waals surface area contributed by atoms with Crippen molar-refractivity contribution in [1.82, 2.24) is 0 Å². The minimum atomic E-state index is -8.70. The van der Waals surface area contributed by atoms with Crippen LogP contribution in [0.15, 0.2) is 0 Å². The Labute approximate surface area is 620 Å². The summed E-state index contributed by atoms with van der Waals surface area (Å²) < 4.78 is 745. The summed E-state index contributed by atoms with van der Waals surface area (Å²) in [6, 6.07) is 0. The van der Waals surface area contributed by atoms with E-state index in [9.17, 15) is 228 Å². The van der Waals surface area contributed by atoms with Gasteiger partial charge in [0.25, 0.3) is 5.04 Å². The number of hydrogen-bond acceptors (Lipinski definition) is 12. The first-order valence-corrected chi connectivity index (χ1v) is 37.1. The summed E-state index contributed by atoms with van der Waals surface area (Å²) in [6.07, 6.45) is -58.1. The van der Waals surface area contributed by atoms with Crippen molar-refractivity contribution < 1.29 is 281 Å². The number of rotatable bonds is 40. The average molecular weight is 1930 g/mol. The van der Waals surface area contributed by atoms with Crippen LogP contribution in [0.25, 0.3) is 0 Å². The van der Waals surface area contributed by atoms with Crippen LogP contribution in [-0.2, 0) is 53.1 Å². The quantitative estimate of drug-likeness (QED) is 0.0430. The van der Waals surface area contributed by atoms with E-state index in [0.29, 0.717) is 20.8 Å². The van der Waals surface area contributed by atoms with Crippen LogP contribution < -0.4 is 0 Å². The zero-order valence-electron chi connectivity index (χ0n) is 59.0. The molecule has 0 bridgehead atoms. The standard InChI is InChI=1S/C14H15F17O3Si.2C12H15F13O3Si.C10H15F9O3Si/c1-4-32-35(33-5-2,34-6-3)14(30,31)12(25,26)10(21,22)8(17,18)7(15,16)9(19,20)11(23,24)13(27,28)29;1-4-26-29(27-5-2,28-6-3)7(10(17,18)19,11(20,21)22)8(13,14)9(15,16)12(23,24)25;1-4-26-29(27-5-2,28-6-3)12(24,25)10(19,20)8(15,16)7(13,14)9(17,18)11(21,22)23;1-4-20-23(21-5-2,22-6-3)7(8(11,12)13,9(14,15)16)10(17,18)19/h4-6H2,1-3H3;2*4-6H2,1-3H3;4-6H2,1-3H3. The van der Waals surface area contributed by atoms with Gasteiger partial charge in [-0.1, -0.05) is 0 Å². The second-order valence-corrected chi connectivity index (χ2v) is 31.6. The molecule has 0 aromatic rings. The van der Waals surface area contributed by atoms with Crippen molar-refractivity contribution in [2.24, 2.45) is 0 Å². The van der Waals surface area contributed by atoms with Crippen LogP contribution in [0.5, 0.6) is 0 Å². The molecule has 0 aliphatic rings. The summed E-state index contributed by atoms with van der Waals surface area (Å²) in [6.45, 7) is -3.23. The van der Waals surface area contributed by atoms with E-state index in [1.165, 1.54) is 0 Å². The zero-order chi connectivity index (χ0) is 95.0. The predicted molar refractivity (Wildman–Crippen MR) is 286 cm³/mol. The summed E-state index contributed by atoms with van der Waals surface area (Å²) in [5.74, 6) is -97.4. The highest BCUT2D eigenvalue weighted by molar-refractivity contribution is 6.66. The van der Waals surface area contributed by atoms with Crippen molar-refractivity contribution in [3.8, 4) is 0 Å². The lowest BCUT2D eigenvalue weighted by atomic mass is 9.91. The lowest BCUT2D eigenvalue weighted by Gasteiger charge is -2.50. The van der Waals surface area contributed by atoms with Gasteiger partial charge in [0.15, 0.2) is 0 Å². The molecule has 0 fully saturated rings. The topological polar surface area (TPSA) is 111 Å². The minimum Gasteiger partial charge on any atom is -0.373 e. The van der Waals surface area contributed by atoms with Crippen LogP contribution in [0, 0.1) is 0 Å². The Balaban J connectivity index is -0.000000728. The number of hydrogen-bond donors (Lipinski definition) is 0. The molecule has 68 heteroatoms. The average Bonchev–Trinajstić information content (AvgIpc) is 0.674. The maximum atomic E-state index is 14.6. The molecule has 0 aromatic heterocycles. The first kappa shape index (κ1) is 119. The van der Waals surface area contributed by atoms with E-state index < -0.39 is 256 Å². The molecule has 0 atom stereocenters. The van der Waals surface area contributed by atoms with Gasteiger partial charge in [-0.3, -0.25) is 0 Å². The highest BCUT2D eigenvalue weighted by Crippen LogP contribution is 2.76. The largest absolute Gasteiger partial charge is 0.582 e. The van der Waals surface area contributed by atoms with Gasteiger partial charge < -0.3 is 53.1 Å². The van der Waals surface area contributed by atoms with Crippen LogP contribution in [0.4, 0.5) is 228 Å². The molecule has 0 aliphatic carbocycles. The Kier molecular flexibility index (Phi) is 39.5. The summed E-state index contributed by atoms with van der Waals surface area (Å²) in [5.41, 5.74) is -13.4. The summed E-state index contributed by atoms with van der Waals surface area (Å²) >= 11 is 0. The van der Waals surface area contributed by atoms with Crippen molar-refractivity contribution >= 4 is 35.2 Å². The van der Waals surface area contributed by atoms with Crippen molar-refractivity contribution in [1.29, 1.82) is 0 Å². The molecule has 704 valence electrons.